The summed E-state index contributed by atoms with van der Waals surface area (Å²) in [6.07, 6.45) is 0. The average Bonchev–Trinajstić information content (AvgIpc) is 3.14. The molecule has 0 aliphatic carbocycles. The summed E-state index contributed by atoms with van der Waals surface area (Å²) in [6.45, 7) is 4.23. The van der Waals surface area contributed by atoms with E-state index in [2.05, 4.69) is 0 Å². The predicted molar refractivity (Wildman–Crippen MR) is 133 cm³/mol. The van der Waals surface area contributed by atoms with Crippen LogP contribution < -0.4 is 19.1 Å². The topological polar surface area (TPSA) is 85.3 Å². The molecule has 0 aromatic heterocycles. The van der Waals surface area contributed by atoms with E-state index in [9.17, 15) is 14.7 Å². The first-order valence-electron chi connectivity index (χ1n) is 11.2. The fourth-order valence-electron chi connectivity index (χ4n) is 4.32. The molecule has 0 radical (unpaired) electrons. The largest absolute Gasteiger partial charge is 0.507 e. The monoisotopic (exact) mass is 473 g/mol. The predicted octanol–water partition coefficient (Wildman–Crippen LogP) is 5.04. The molecule has 1 unspecified atom stereocenters. The van der Waals surface area contributed by atoms with Crippen molar-refractivity contribution in [2.45, 2.75) is 19.9 Å². The molecule has 0 saturated carbocycles. The molecule has 1 aliphatic heterocycles. The SMILES string of the molecule is CCOc1cccc(N2C(=O)C(=O)/C(=C(/O)c3cc(OC)ccc3OC)C2c2ccccc2C)c1. The van der Waals surface area contributed by atoms with Gasteiger partial charge in [-0.2, -0.15) is 0 Å². The van der Waals surface area contributed by atoms with Crippen LogP contribution in [0.4, 0.5) is 5.69 Å². The summed E-state index contributed by atoms with van der Waals surface area (Å²) in [5.41, 5.74) is 2.30. The highest BCUT2D eigenvalue weighted by atomic mass is 16.5. The summed E-state index contributed by atoms with van der Waals surface area (Å²) in [6, 6.07) is 18.5. The van der Waals surface area contributed by atoms with Gasteiger partial charge in [0, 0.05) is 11.8 Å². The number of amides is 1. The van der Waals surface area contributed by atoms with Crippen LogP contribution >= 0.6 is 0 Å². The van der Waals surface area contributed by atoms with Gasteiger partial charge in [-0.3, -0.25) is 14.5 Å². The minimum absolute atomic E-state index is 0.0299. The number of Topliss-reactive ketones (excluding diaryl/α,β-unsaturated/α-hetero) is 1. The van der Waals surface area contributed by atoms with Crippen LogP contribution in [-0.2, 0) is 9.59 Å². The van der Waals surface area contributed by atoms with Gasteiger partial charge in [0.05, 0.1) is 38.0 Å². The third-order valence-electron chi connectivity index (χ3n) is 6.00. The van der Waals surface area contributed by atoms with Crippen LogP contribution in [0.3, 0.4) is 0 Å². The third kappa shape index (κ3) is 4.33. The van der Waals surface area contributed by atoms with Crippen LogP contribution in [-0.4, -0.2) is 37.6 Å². The van der Waals surface area contributed by atoms with Crippen LogP contribution in [0.5, 0.6) is 17.2 Å². The Morgan fingerprint density at radius 2 is 1.71 bits per heavy atom. The Kier molecular flexibility index (Phi) is 6.78. The lowest BCUT2D eigenvalue weighted by Gasteiger charge is -2.27. The van der Waals surface area contributed by atoms with E-state index in [0.717, 1.165) is 11.1 Å². The van der Waals surface area contributed by atoms with E-state index < -0.39 is 17.7 Å². The Balaban J connectivity index is 1.99. The molecule has 0 bridgehead atoms. The zero-order chi connectivity index (χ0) is 25.1. The van der Waals surface area contributed by atoms with Crippen molar-refractivity contribution >= 4 is 23.1 Å². The number of aryl methyl sites for hydroxylation is 1. The minimum atomic E-state index is -0.857. The van der Waals surface area contributed by atoms with Gasteiger partial charge >= 0.3 is 0 Å². The van der Waals surface area contributed by atoms with Gasteiger partial charge in [0.15, 0.2) is 0 Å². The van der Waals surface area contributed by atoms with Crippen molar-refractivity contribution < 1.29 is 28.9 Å². The number of nitrogens with zero attached hydrogens (tertiary/aromatic N) is 1. The van der Waals surface area contributed by atoms with Crippen molar-refractivity contribution in [2.24, 2.45) is 0 Å². The molecule has 3 aromatic rings. The number of rotatable bonds is 7. The van der Waals surface area contributed by atoms with Crippen molar-refractivity contribution in [3.8, 4) is 17.2 Å². The Bertz CT molecular complexity index is 1310. The highest BCUT2D eigenvalue weighted by molar-refractivity contribution is 6.51. The van der Waals surface area contributed by atoms with Crippen molar-refractivity contribution in [2.75, 3.05) is 25.7 Å². The normalized spacial score (nSPS) is 16.9. The number of methoxy groups -OCH3 is 2. The van der Waals surface area contributed by atoms with Gasteiger partial charge in [0.25, 0.3) is 11.7 Å². The van der Waals surface area contributed by atoms with Crippen molar-refractivity contribution in [3.05, 3.63) is 89.0 Å². The molecular formula is C28H27NO6. The zero-order valence-electron chi connectivity index (χ0n) is 20.1. The van der Waals surface area contributed by atoms with Gasteiger partial charge in [-0.1, -0.05) is 30.3 Å². The molecule has 7 heteroatoms. The molecule has 180 valence electrons. The molecule has 3 aromatic carbocycles. The second kappa shape index (κ2) is 9.93. The lowest BCUT2D eigenvalue weighted by Crippen LogP contribution is -2.29. The molecule has 1 amide bonds. The van der Waals surface area contributed by atoms with E-state index in [-0.39, 0.29) is 16.9 Å². The standard InChI is InChI=1S/C28H27NO6/c1-5-35-20-11-8-10-18(15-20)29-25(21-12-7-6-9-17(21)2)24(27(31)28(29)32)26(30)22-16-19(33-3)13-14-23(22)34-4/h6-16,25,30H,5H2,1-4H3/b26-24+. The number of anilines is 1. The van der Waals surface area contributed by atoms with Crippen LogP contribution in [0.15, 0.2) is 72.3 Å². The summed E-state index contributed by atoms with van der Waals surface area (Å²) in [5, 5.41) is 11.5. The van der Waals surface area contributed by atoms with Gasteiger partial charge in [0.1, 0.15) is 23.0 Å². The molecule has 1 fully saturated rings. The number of benzene rings is 3. The number of hydrogen-bond acceptors (Lipinski definition) is 6. The van der Waals surface area contributed by atoms with Crippen molar-refractivity contribution in [1.29, 1.82) is 0 Å². The first-order valence-corrected chi connectivity index (χ1v) is 11.2. The zero-order valence-corrected chi connectivity index (χ0v) is 20.1. The molecule has 1 saturated heterocycles. The van der Waals surface area contributed by atoms with Crippen LogP contribution in [0, 0.1) is 6.92 Å². The number of carbonyl (C=O) groups is 2. The smallest absolute Gasteiger partial charge is 0.300 e. The van der Waals surface area contributed by atoms with Gasteiger partial charge in [-0.05, 0) is 55.3 Å². The molecule has 7 nitrogen and oxygen atoms in total. The van der Waals surface area contributed by atoms with E-state index in [4.69, 9.17) is 14.2 Å². The maximum atomic E-state index is 13.5. The Morgan fingerprint density at radius 1 is 0.943 bits per heavy atom. The van der Waals surface area contributed by atoms with E-state index in [1.165, 1.54) is 19.1 Å². The maximum absolute atomic E-state index is 13.5. The molecule has 1 N–H and O–H groups in total. The lowest BCUT2D eigenvalue weighted by atomic mass is 9.92. The minimum Gasteiger partial charge on any atom is -0.507 e. The van der Waals surface area contributed by atoms with E-state index in [1.54, 1.807) is 42.5 Å². The molecule has 1 heterocycles. The fourth-order valence-corrected chi connectivity index (χ4v) is 4.32. The highest BCUT2D eigenvalue weighted by Gasteiger charge is 2.47. The summed E-state index contributed by atoms with van der Waals surface area (Å²) in [7, 11) is 2.97. The second-order valence-corrected chi connectivity index (χ2v) is 8.02. The number of hydrogen-bond donors (Lipinski definition) is 1. The number of aliphatic hydroxyl groups excluding tert-OH is 1. The van der Waals surface area contributed by atoms with Gasteiger partial charge in [0.2, 0.25) is 0 Å². The van der Waals surface area contributed by atoms with Gasteiger partial charge in [-0.25, -0.2) is 0 Å². The molecule has 35 heavy (non-hydrogen) atoms. The van der Waals surface area contributed by atoms with Crippen LogP contribution in [0.25, 0.3) is 5.76 Å². The van der Waals surface area contributed by atoms with E-state index in [1.807, 2.05) is 38.1 Å². The fraction of sp³-hybridized carbons (Fsp3) is 0.214. The summed E-state index contributed by atoms with van der Waals surface area (Å²) in [5.74, 6) is -0.478. The Hall–Kier alpha value is -4.26. The second-order valence-electron chi connectivity index (χ2n) is 8.02. The maximum Gasteiger partial charge on any atom is 0.300 e. The molecule has 4 rings (SSSR count). The quantitative estimate of drug-likeness (QED) is 0.294. The van der Waals surface area contributed by atoms with E-state index in [0.29, 0.717) is 29.5 Å². The Labute approximate surface area is 204 Å². The van der Waals surface area contributed by atoms with Crippen molar-refractivity contribution in [1.82, 2.24) is 0 Å². The first kappa shape index (κ1) is 23.9. The number of aliphatic hydroxyl groups is 1. The van der Waals surface area contributed by atoms with Gasteiger partial charge in [-0.15, -0.1) is 0 Å². The molecule has 0 spiro atoms. The average molecular weight is 474 g/mol. The number of carbonyl (C=O) groups excluding carboxylic acids is 2. The van der Waals surface area contributed by atoms with Crippen LogP contribution in [0.2, 0.25) is 0 Å². The Morgan fingerprint density at radius 3 is 2.40 bits per heavy atom. The van der Waals surface area contributed by atoms with Gasteiger partial charge < -0.3 is 19.3 Å². The third-order valence-corrected chi connectivity index (χ3v) is 6.00. The summed E-state index contributed by atoms with van der Waals surface area (Å²) in [4.78, 5) is 28.3. The summed E-state index contributed by atoms with van der Waals surface area (Å²) >= 11 is 0. The van der Waals surface area contributed by atoms with Crippen molar-refractivity contribution in [3.63, 3.8) is 0 Å². The van der Waals surface area contributed by atoms with Crippen LogP contribution in [0.1, 0.15) is 29.7 Å². The summed E-state index contributed by atoms with van der Waals surface area (Å²) < 4.78 is 16.4. The molecule has 1 atom stereocenters. The highest BCUT2D eigenvalue weighted by Crippen LogP contribution is 2.45. The number of ketones is 1. The molecule has 1 aliphatic rings. The lowest BCUT2D eigenvalue weighted by molar-refractivity contribution is -0.132. The molecular weight excluding hydrogens is 446 g/mol. The number of ether oxygens (including phenoxy) is 3. The first-order chi connectivity index (χ1) is 16.9. The van der Waals surface area contributed by atoms with E-state index >= 15 is 0 Å².